The Hall–Kier alpha value is -1.39. The van der Waals surface area contributed by atoms with Crippen LogP contribution in [0.5, 0.6) is 0 Å². The van der Waals surface area contributed by atoms with Crippen LogP contribution in [0.1, 0.15) is 22.2 Å². The Labute approximate surface area is 114 Å². The maximum Gasteiger partial charge on any atom is 0.313 e. The first-order chi connectivity index (χ1) is 8.56. The van der Waals surface area contributed by atoms with Crippen LogP contribution < -0.4 is 0 Å². The molecule has 1 unspecified atom stereocenters. The lowest BCUT2D eigenvalue weighted by Crippen LogP contribution is -2.14. The number of halogens is 1. The molecule has 0 aliphatic heterocycles. The van der Waals surface area contributed by atoms with E-state index in [9.17, 15) is 9.90 Å². The van der Waals surface area contributed by atoms with Crippen molar-refractivity contribution < 1.29 is 9.90 Å². The van der Waals surface area contributed by atoms with E-state index in [0.717, 1.165) is 11.3 Å². The summed E-state index contributed by atoms with van der Waals surface area (Å²) in [6.07, 6.45) is 0.430. The molecule has 0 fully saturated rings. The van der Waals surface area contributed by atoms with Gasteiger partial charge in [0.25, 0.3) is 0 Å². The molecule has 0 aliphatic carbocycles. The predicted molar refractivity (Wildman–Crippen MR) is 72.4 cm³/mol. The first-order valence-electron chi connectivity index (χ1n) is 5.45. The van der Waals surface area contributed by atoms with E-state index in [2.05, 4.69) is 4.98 Å². The number of aryl methyl sites for hydroxylation is 1. The quantitative estimate of drug-likeness (QED) is 0.933. The molecule has 1 atom stereocenters. The van der Waals surface area contributed by atoms with Crippen LogP contribution in [0.3, 0.4) is 0 Å². The zero-order valence-electron chi connectivity index (χ0n) is 9.76. The summed E-state index contributed by atoms with van der Waals surface area (Å²) in [5.41, 5.74) is 1.80. The summed E-state index contributed by atoms with van der Waals surface area (Å²) in [5, 5.41) is 12.5. The summed E-state index contributed by atoms with van der Waals surface area (Å²) in [5.74, 6) is -1.44. The van der Waals surface area contributed by atoms with Gasteiger partial charge in [-0.1, -0.05) is 23.7 Å². The van der Waals surface area contributed by atoms with Gasteiger partial charge >= 0.3 is 5.97 Å². The number of carboxylic acids is 1. The molecule has 0 amide bonds. The van der Waals surface area contributed by atoms with Gasteiger partial charge in [-0.3, -0.25) is 4.79 Å². The second kappa shape index (κ2) is 5.50. The minimum absolute atomic E-state index is 0.430. The van der Waals surface area contributed by atoms with Gasteiger partial charge < -0.3 is 5.11 Å². The fourth-order valence-electron chi connectivity index (χ4n) is 1.67. The van der Waals surface area contributed by atoms with Gasteiger partial charge in [0.05, 0.1) is 0 Å². The van der Waals surface area contributed by atoms with Gasteiger partial charge in [-0.05, 0) is 31.0 Å². The van der Waals surface area contributed by atoms with E-state index in [-0.39, 0.29) is 0 Å². The average molecular weight is 282 g/mol. The van der Waals surface area contributed by atoms with Crippen molar-refractivity contribution >= 4 is 28.9 Å². The van der Waals surface area contributed by atoms with Crippen LogP contribution in [-0.2, 0) is 11.2 Å². The van der Waals surface area contributed by atoms with E-state index in [1.54, 1.807) is 12.1 Å². The Balaban J connectivity index is 2.22. The van der Waals surface area contributed by atoms with Crippen LogP contribution in [-0.4, -0.2) is 16.1 Å². The van der Waals surface area contributed by atoms with E-state index < -0.39 is 11.9 Å². The molecule has 0 aliphatic rings. The van der Waals surface area contributed by atoms with E-state index in [1.165, 1.54) is 11.3 Å². The van der Waals surface area contributed by atoms with Crippen molar-refractivity contribution in [3.05, 3.63) is 50.9 Å². The molecule has 0 bridgehead atoms. The third kappa shape index (κ3) is 3.09. The van der Waals surface area contributed by atoms with Gasteiger partial charge in [0, 0.05) is 16.1 Å². The van der Waals surface area contributed by atoms with Crippen molar-refractivity contribution in [3.8, 4) is 0 Å². The Bertz CT molecular complexity index is 550. The van der Waals surface area contributed by atoms with Crippen molar-refractivity contribution in [2.24, 2.45) is 0 Å². The van der Waals surface area contributed by atoms with Crippen molar-refractivity contribution in [2.45, 2.75) is 19.3 Å². The number of nitrogens with zero attached hydrogens (tertiary/aromatic N) is 1. The van der Waals surface area contributed by atoms with Crippen LogP contribution in [0.4, 0.5) is 0 Å². The monoisotopic (exact) mass is 281 g/mol. The van der Waals surface area contributed by atoms with Gasteiger partial charge in [-0.25, -0.2) is 4.98 Å². The molecule has 0 saturated carbocycles. The van der Waals surface area contributed by atoms with Crippen LogP contribution in [0.2, 0.25) is 5.02 Å². The number of hydrogen-bond donors (Lipinski definition) is 1. The van der Waals surface area contributed by atoms with E-state index in [1.807, 2.05) is 24.4 Å². The maximum absolute atomic E-state index is 11.3. The molecule has 3 nitrogen and oxygen atoms in total. The Morgan fingerprint density at radius 3 is 2.61 bits per heavy atom. The summed E-state index contributed by atoms with van der Waals surface area (Å²) < 4.78 is 0. The van der Waals surface area contributed by atoms with Gasteiger partial charge in [0.1, 0.15) is 10.9 Å². The highest BCUT2D eigenvalue weighted by Gasteiger charge is 2.23. The molecule has 2 aromatic rings. The number of carbonyl (C=O) groups is 1. The second-order valence-electron chi connectivity index (χ2n) is 4.05. The lowest BCUT2D eigenvalue weighted by Gasteiger charge is -2.09. The van der Waals surface area contributed by atoms with E-state index in [0.29, 0.717) is 16.5 Å². The summed E-state index contributed by atoms with van der Waals surface area (Å²) in [6, 6.07) is 7.23. The summed E-state index contributed by atoms with van der Waals surface area (Å²) in [4.78, 5) is 15.6. The molecule has 0 radical (unpaired) electrons. The average Bonchev–Trinajstić information content (AvgIpc) is 2.74. The van der Waals surface area contributed by atoms with Crippen LogP contribution >= 0.6 is 22.9 Å². The molecule has 0 spiro atoms. The van der Waals surface area contributed by atoms with Crippen LogP contribution in [0.25, 0.3) is 0 Å². The molecule has 1 aromatic heterocycles. The number of thiazole rings is 1. The third-order valence-corrected chi connectivity index (χ3v) is 3.91. The molecule has 0 saturated heterocycles. The Kier molecular flexibility index (Phi) is 3.99. The molecule has 94 valence electrons. The molecule has 5 heteroatoms. The minimum Gasteiger partial charge on any atom is -0.481 e. The van der Waals surface area contributed by atoms with E-state index >= 15 is 0 Å². The Morgan fingerprint density at radius 2 is 2.11 bits per heavy atom. The Morgan fingerprint density at radius 1 is 1.44 bits per heavy atom. The third-order valence-electron chi connectivity index (χ3n) is 2.59. The highest BCUT2D eigenvalue weighted by Crippen LogP contribution is 2.25. The molecule has 1 N–H and O–H groups in total. The highest BCUT2D eigenvalue weighted by molar-refractivity contribution is 7.09. The molecule has 2 rings (SSSR count). The first-order valence-corrected chi connectivity index (χ1v) is 6.71. The number of aromatic nitrogens is 1. The fourth-order valence-corrected chi connectivity index (χ4v) is 2.68. The smallest absolute Gasteiger partial charge is 0.313 e. The van der Waals surface area contributed by atoms with Crippen LogP contribution in [0.15, 0.2) is 29.6 Å². The summed E-state index contributed by atoms with van der Waals surface area (Å²) in [6.45, 7) is 1.86. The van der Waals surface area contributed by atoms with Gasteiger partial charge in [-0.2, -0.15) is 0 Å². The lowest BCUT2D eigenvalue weighted by atomic mass is 10.0. The van der Waals surface area contributed by atoms with Crippen molar-refractivity contribution in [1.82, 2.24) is 4.98 Å². The minimum atomic E-state index is -0.848. The standard InChI is InChI=1S/C13H12ClNO2S/c1-8-7-18-12(15-8)11(13(16)17)6-9-2-4-10(14)5-3-9/h2-5,7,11H,6H2,1H3,(H,16,17). The number of rotatable bonds is 4. The van der Waals surface area contributed by atoms with Crippen molar-refractivity contribution in [1.29, 1.82) is 0 Å². The first kappa shape index (κ1) is 13.1. The highest BCUT2D eigenvalue weighted by atomic mass is 35.5. The maximum atomic E-state index is 11.3. The molecular weight excluding hydrogens is 270 g/mol. The molecule has 18 heavy (non-hydrogen) atoms. The largest absolute Gasteiger partial charge is 0.481 e. The lowest BCUT2D eigenvalue weighted by molar-refractivity contribution is -0.138. The van der Waals surface area contributed by atoms with Crippen LogP contribution in [0, 0.1) is 6.92 Å². The zero-order chi connectivity index (χ0) is 13.1. The summed E-state index contributed by atoms with van der Waals surface area (Å²) >= 11 is 7.19. The predicted octanol–water partition coefficient (Wildman–Crippen LogP) is 3.52. The molecule has 1 heterocycles. The molecular formula is C13H12ClNO2S. The van der Waals surface area contributed by atoms with Crippen molar-refractivity contribution in [3.63, 3.8) is 0 Å². The number of aliphatic carboxylic acids is 1. The summed E-state index contributed by atoms with van der Waals surface area (Å²) in [7, 11) is 0. The topological polar surface area (TPSA) is 50.2 Å². The number of carboxylic acid groups (broad SMARTS) is 1. The SMILES string of the molecule is Cc1csc(C(Cc2ccc(Cl)cc2)C(=O)O)n1. The number of benzene rings is 1. The van der Waals surface area contributed by atoms with Gasteiger partial charge in [-0.15, -0.1) is 11.3 Å². The van der Waals surface area contributed by atoms with Gasteiger partial charge in [0.15, 0.2) is 0 Å². The fraction of sp³-hybridized carbons (Fsp3) is 0.231. The number of hydrogen-bond acceptors (Lipinski definition) is 3. The zero-order valence-corrected chi connectivity index (χ0v) is 11.3. The molecule has 1 aromatic carbocycles. The van der Waals surface area contributed by atoms with Crippen molar-refractivity contribution in [2.75, 3.05) is 0 Å². The normalized spacial score (nSPS) is 12.3. The van der Waals surface area contributed by atoms with E-state index in [4.69, 9.17) is 11.6 Å². The second-order valence-corrected chi connectivity index (χ2v) is 5.37. The van der Waals surface area contributed by atoms with Gasteiger partial charge in [0.2, 0.25) is 0 Å².